The van der Waals surface area contributed by atoms with Crippen LogP contribution in [0.5, 0.6) is 0 Å². The minimum absolute atomic E-state index is 0.655. The summed E-state index contributed by atoms with van der Waals surface area (Å²) in [5, 5.41) is 3.65. The summed E-state index contributed by atoms with van der Waals surface area (Å²) in [6.07, 6.45) is 2.78. The predicted octanol–water partition coefficient (Wildman–Crippen LogP) is 1.96. The summed E-state index contributed by atoms with van der Waals surface area (Å²) in [5.41, 5.74) is 0. The summed E-state index contributed by atoms with van der Waals surface area (Å²) in [4.78, 5) is 2.45. The van der Waals surface area contributed by atoms with Crippen LogP contribution < -0.4 is 5.32 Å². The van der Waals surface area contributed by atoms with Crippen molar-refractivity contribution in [1.29, 1.82) is 0 Å². The Kier molecular flexibility index (Phi) is 4.90. The standard InChI is InChI=1S/C12H26N2/c1-10(2)11(3)13-8-12-6-5-7-14(4)9-12/h10-13H,5-9H2,1-4H3. The first kappa shape index (κ1) is 12.0. The van der Waals surface area contributed by atoms with Crippen molar-refractivity contribution in [2.45, 2.75) is 39.7 Å². The number of nitrogens with zero attached hydrogens (tertiary/aromatic N) is 1. The average Bonchev–Trinajstić information content (AvgIpc) is 2.14. The smallest absolute Gasteiger partial charge is 0.00618 e. The van der Waals surface area contributed by atoms with Crippen LogP contribution in [-0.2, 0) is 0 Å². The fourth-order valence-electron chi connectivity index (χ4n) is 2.03. The Bertz CT molecular complexity index is 156. The van der Waals surface area contributed by atoms with Crippen molar-refractivity contribution in [1.82, 2.24) is 10.2 Å². The molecule has 0 radical (unpaired) electrons. The summed E-state index contributed by atoms with van der Waals surface area (Å²) >= 11 is 0. The number of nitrogens with one attached hydrogen (secondary N) is 1. The van der Waals surface area contributed by atoms with E-state index in [2.05, 4.69) is 38.0 Å². The van der Waals surface area contributed by atoms with E-state index in [1.54, 1.807) is 0 Å². The van der Waals surface area contributed by atoms with Crippen LogP contribution in [-0.4, -0.2) is 37.6 Å². The molecule has 2 atom stereocenters. The largest absolute Gasteiger partial charge is 0.314 e. The summed E-state index contributed by atoms with van der Waals surface area (Å²) in [5.74, 6) is 1.62. The lowest BCUT2D eigenvalue weighted by Gasteiger charge is -2.31. The van der Waals surface area contributed by atoms with Crippen molar-refractivity contribution in [2.24, 2.45) is 11.8 Å². The van der Waals surface area contributed by atoms with E-state index in [1.165, 1.54) is 32.5 Å². The third-order valence-electron chi connectivity index (χ3n) is 3.45. The molecule has 0 aromatic rings. The molecule has 0 aromatic heterocycles. The second kappa shape index (κ2) is 5.72. The molecule has 0 aromatic carbocycles. The van der Waals surface area contributed by atoms with E-state index in [-0.39, 0.29) is 0 Å². The van der Waals surface area contributed by atoms with E-state index in [4.69, 9.17) is 0 Å². The van der Waals surface area contributed by atoms with E-state index in [9.17, 15) is 0 Å². The lowest BCUT2D eigenvalue weighted by atomic mass is 9.97. The highest BCUT2D eigenvalue weighted by Crippen LogP contribution is 2.14. The van der Waals surface area contributed by atoms with Gasteiger partial charge in [-0.3, -0.25) is 0 Å². The summed E-state index contributed by atoms with van der Waals surface area (Å²) in [6, 6.07) is 0.655. The summed E-state index contributed by atoms with van der Waals surface area (Å²) in [6.45, 7) is 10.6. The molecule has 0 amide bonds. The topological polar surface area (TPSA) is 15.3 Å². The van der Waals surface area contributed by atoms with Gasteiger partial charge in [0.2, 0.25) is 0 Å². The first-order valence-corrected chi connectivity index (χ1v) is 6.01. The van der Waals surface area contributed by atoms with Crippen LogP contribution >= 0.6 is 0 Å². The van der Waals surface area contributed by atoms with Crippen molar-refractivity contribution < 1.29 is 0 Å². The molecule has 1 fully saturated rings. The maximum absolute atomic E-state index is 3.65. The fourth-order valence-corrected chi connectivity index (χ4v) is 2.03. The molecule has 2 nitrogen and oxygen atoms in total. The van der Waals surface area contributed by atoms with Crippen LogP contribution in [0.4, 0.5) is 0 Å². The normalized spacial score (nSPS) is 26.8. The van der Waals surface area contributed by atoms with Gasteiger partial charge in [0.15, 0.2) is 0 Å². The molecular formula is C12H26N2. The maximum atomic E-state index is 3.65. The van der Waals surface area contributed by atoms with Gasteiger partial charge in [0.1, 0.15) is 0 Å². The van der Waals surface area contributed by atoms with Gasteiger partial charge in [0, 0.05) is 12.6 Å². The zero-order chi connectivity index (χ0) is 10.6. The summed E-state index contributed by atoms with van der Waals surface area (Å²) < 4.78 is 0. The zero-order valence-electron chi connectivity index (χ0n) is 10.2. The van der Waals surface area contributed by atoms with E-state index in [1.807, 2.05) is 0 Å². The van der Waals surface area contributed by atoms with Crippen LogP contribution in [0.15, 0.2) is 0 Å². The third-order valence-corrected chi connectivity index (χ3v) is 3.45. The molecule has 0 saturated carbocycles. The monoisotopic (exact) mass is 198 g/mol. The van der Waals surface area contributed by atoms with Crippen molar-refractivity contribution in [3.63, 3.8) is 0 Å². The third kappa shape index (κ3) is 3.97. The van der Waals surface area contributed by atoms with Gasteiger partial charge in [-0.2, -0.15) is 0 Å². The van der Waals surface area contributed by atoms with Crippen molar-refractivity contribution in [2.75, 3.05) is 26.7 Å². The van der Waals surface area contributed by atoms with Crippen LogP contribution in [0.2, 0.25) is 0 Å². The first-order valence-electron chi connectivity index (χ1n) is 6.01. The SMILES string of the molecule is CC(C)C(C)NCC1CCCN(C)C1. The van der Waals surface area contributed by atoms with Gasteiger partial charge < -0.3 is 10.2 Å². The van der Waals surface area contributed by atoms with Crippen LogP contribution in [0.1, 0.15) is 33.6 Å². The highest BCUT2D eigenvalue weighted by Gasteiger charge is 2.17. The van der Waals surface area contributed by atoms with Crippen molar-refractivity contribution in [3.8, 4) is 0 Å². The van der Waals surface area contributed by atoms with Gasteiger partial charge in [-0.15, -0.1) is 0 Å². The molecular weight excluding hydrogens is 172 g/mol. The number of piperidine rings is 1. The number of hydrogen-bond acceptors (Lipinski definition) is 2. The zero-order valence-corrected chi connectivity index (χ0v) is 10.2. The van der Waals surface area contributed by atoms with E-state index in [0.717, 1.165) is 11.8 Å². The predicted molar refractivity (Wildman–Crippen MR) is 62.5 cm³/mol. The van der Waals surface area contributed by atoms with E-state index < -0.39 is 0 Å². The minimum atomic E-state index is 0.655. The highest BCUT2D eigenvalue weighted by atomic mass is 15.1. The number of likely N-dealkylation sites (tertiary alicyclic amines) is 1. The maximum Gasteiger partial charge on any atom is 0.00618 e. The number of rotatable bonds is 4. The van der Waals surface area contributed by atoms with E-state index >= 15 is 0 Å². The van der Waals surface area contributed by atoms with Crippen LogP contribution in [0.3, 0.4) is 0 Å². The molecule has 0 spiro atoms. The molecule has 1 saturated heterocycles. The summed E-state index contributed by atoms with van der Waals surface area (Å²) in [7, 11) is 2.23. The second-order valence-electron chi connectivity index (χ2n) is 5.21. The first-order chi connectivity index (χ1) is 6.59. The van der Waals surface area contributed by atoms with Gasteiger partial charge in [-0.05, 0) is 51.7 Å². The molecule has 0 aliphatic carbocycles. The van der Waals surface area contributed by atoms with E-state index in [0.29, 0.717) is 6.04 Å². The van der Waals surface area contributed by atoms with Crippen LogP contribution in [0.25, 0.3) is 0 Å². The lowest BCUT2D eigenvalue weighted by molar-refractivity contribution is 0.200. The molecule has 14 heavy (non-hydrogen) atoms. The molecule has 1 heterocycles. The Balaban J connectivity index is 2.17. The van der Waals surface area contributed by atoms with Gasteiger partial charge in [-0.25, -0.2) is 0 Å². The Hall–Kier alpha value is -0.0800. The molecule has 0 bridgehead atoms. The Morgan fingerprint density at radius 1 is 1.36 bits per heavy atom. The molecule has 2 unspecified atom stereocenters. The number of hydrogen-bond donors (Lipinski definition) is 1. The Morgan fingerprint density at radius 3 is 2.64 bits per heavy atom. The Labute approximate surface area is 89.1 Å². The second-order valence-corrected chi connectivity index (χ2v) is 5.21. The quantitative estimate of drug-likeness (QED) is 0.743. The molecule has 1 rings (SSSR count). The van der Waals surface area contributed by atoms with Crippen molar-refractivity contribution in [3.05, 3.63) is 0 Å². The molecule has 1 aliphatic heterocycles. The van der Waals surface area contributed by atoms with Gasteiger partial charge in [-0.1, -0.05) is 13.8 Å². The highest BCUT2D eigenvalue weighted by molar-refractivity contribution is 4.74. The lowest BCUT2D eigenvalue weighted by Crippen LogP contribution is -2.41. The minimum Gasteiger partial charge on any atom is -0.314 e. The van der Waals surface area contributed by atoms with Gasteiger partial charge in [0.25, 0.3) is 0 Å². The fraction of sp³-hybridized carbons (Fsp3) is 1.00. The molecule has 1 aliphatic rings. The van der Waals surface area contributed by atoms with Gasteiger partial charge >= 0.3 is 0 Å². The van der Waals surface area contributed by atoms with Crippen LogP contribution in [0, 0.1) is 11.8 Å². The van der Waals surface area contributed by atoms with Crippen molar-refractivity contribution >= 4 is 0 Å². The Morgan fingerprint density at radius 2 is 2.07 bits per heavy atom. The molecule has 1 N–H and O–H groups in total. The molecule has 84 valence electrons. The van der Waals surface area contributed by atoms with Gasteiger partial charge in [0.05, 0.1) is 0 Å². The average molecular weight is 198 g/mol. The molecule has 2 heteroatoms.